The number of amides is 1. The highest BCUT2D eigenvalue weighted by molar-refractivity contribution is 6.40. The smallest absolute Gasteiger partial charge is 0.328 e. The highest BCUT2D eigenvalue weighted by Crippen LogP contribution is 2.24. The van der Waals surface area contributed by atoms with Crippen LogP contribution in [-0.4, -0.2) is 46.5 Å². The van der Waals surface area contributed by atoms with E-state index in [0.29, 0.717) is 5.69 Å². The van der Waals surface area contributed by atoms with Crippen LogP contribution >= 0.6 is 0 Å². The monoisotopic (exact) mass is 333 g/mol. The Morgan fingerprint density at radius 1 is 1.33 bits per heavy atom. The van der Waals surface area contributed by atoms with Crippen molar-refractivity contribution in [3.8, 4) is 0 Å². The maximum atomic E-state index is 12.2. The van der Waals surface area contributed by atoms with Gasteiger partial charge in [0.25, 0.3) is 5.91 Å². The molecule has 2 unspecified atom stereocenters. The molecule has 24 heavy (non-hydrogen) atoms. The predicted molar refractivity (Wildman–Crippen MR) is 90.9 cm³/mol. The molecule has 1 aromatic rings. The van der Waals surface area contributed by atoms with E-state index in [1.165, 1.54) is 5.01 Å². The molecule has 0 spiro atoms. The van der Waals surface area contributed by atoms with Crippen molar-refractivity contribution in [1.29, 1.82) is 0 Å². The van der Waals surface area contributed by atoms with Crippen molar-refractivity contribution in [2.45, 2.75) is 39.3 Å². The van der Waals surface area contributed by atoms with Gasteiger partial charge in [-0.2, -0.15) is 5.10 Å². The molecule has 0 radical (unpaired) electrons. The Morgan fingerprint density at radius 2 is 1.96 bits per heavy atom. The Hall–Kier alpha value is -2.41. The minimum absolute atomic E-state index is 0.0155. The fraction of sp³-hybridized carbons (Fsp3) is 0.471. The second-order valence-corrected chi connectivity index (χ2v) is 6.88. The zero-order chi connectivity index (χ0) is 17.9. The first-order chi connectivity index (χ1) is 11.2. The fourth-order valence-corrected chi connectivity index (χ4v) is 2.26. The minimum atomic E-state index is -1.04. The maximum Gasteiger partial charge on any atom is 0.328 e. The van der Waals surface area contributed by atoms with Gasteiger partial charge in [0.15, 0.2) is 6.04 Å². The number of nitrogens with one attached hydrogen (secondary N) is 1. The average molecular weight is 333 g/mol. The molecular weight excluding hydrogens is 310 g/mol. The molecule has 0 saturated carbocycles. The van der Waals surface area contributed by atoms with Gasteiger partial charge in [-0.05, 0) is 17.5 Å². The third kappa shape index (κ3) is 4.11. The molecule has 7 heteroatoms. The van der Waals surface area contributed by atoms with Crippen LogP contribution in [0.3, 0.4) is 0 Å². The number of carbonyl (C=O) groups excluding carboxylic acids is 1. The summed E-state index contributed by atoms with van der Waals surface area (Å²) < 4.78 is 0. The summed E-state index contributed by atoms with van der Waals surface area (Å²) in [6.45, 7) is 5.70. The van der Waals surface area contributed by atoms with Gasteiger partial charge in [0, 0.05) is 13.0 Å². The van der Waals surface area contributed by atoms with E-state index in [1.54, 1.807) is 24.3 Å². The number of carboxylic acid groups (broad SMARTS) is 1. The summed E-state index contributed by atoms with van der Waals surface area (Å²) in [5.74, 6) is -1.50. The zero-order valence-corrected chi connectivity index (χ0v) is 14.1. The molecule has 1 heterocycles. The first kappa shape index (κ1) is 17.9. The van der Waals surface area contributed by atoms with Crippen molar-refractivity contribution in [3.05, 3.63) is 30.3 Å². The third-order valence-corrected chi connectivity index (χ3v) is 3.93. The summed E-state index contributed by atoms with van der Waals surface area (Å²) in [6.07, 6.45) is -0.689. The minimum Gasteiger partial charge on any atom is -0.480 e. The van der Waals surface area contributed by atoms with Crippen molar-refractivity contribution < 1.29 is 19.8 Å². The first-order valence-electron chi connectivity index (χ1n) is 7.81. The third-order valence-electron chi connectivity index (χ3n) is 3.93. The van der Waals surface area contributed by atoms with Crippen LogP contribution in [0.4, 0.5) is 5.69 Å². The van der Waals surface area contributed by atoms with Gasteiger partial charge in [-0.25, -0.2) is 4.79 Å². The second-order valence-electron chi connectivity index (χ2n) is 6.88. The van der Waals surface area contributed by atoms with Crippen LogP contribution in [0.25, 0.3) is 0 Å². The lowest BCUT2D eigenvalue weighted by Gasteiger charge is -2.25. The molecule has 1 aliphatic rings. The fourth-order valence-electron chi connectivity index (χ4n) is 2.26. The van der Waals surface area contributed by atoms with E-state index >= 15 is 0 Å². The number of hydrazone groups is 1. The molecular formula is C17H23N3O4. The van der Waals surface area contributed by atoms with Gasteiger partial charge < -0.3 is 15.5 Å². The molecule has 0 fully saturated rings. The lowest BCUT2D eigenvalue weighted by Crippen LogP contribution is -2.41. The van der Waals surface area contributed by atoms with E-state index in [4.69, 9.17) is 0 Å². The zero-order valence-electron chi connectivity index (χ0n) is 14.1. The molecule has 7 nitrogen and oxygen atoms in total. The normalized spacial score (nSPS) is 18.9. The van der Waals surface area contributed by atoms with Crippen molar-refractivity contribution in [2.75, 3.05) is 11.6 Å². The van der Waals surface area contributed by atoms with Crippen molar-refractivity contribution >= 4 is 23.3 Å². The Bertz CT molecular complexity index is 637. The Morgan fingerprint density at radius 3 is 2.50 bits per heavy atom. The number of aliphatic hydroxyl groups excluding tert-OH is 1. The van der Waals surface area contributed by atoms with Crippen LogP contribution in [0.1, 0.15) is 27.2 Å². The Balaban J connectivity index is 2.10. The van der Waals surface area contributed by atoms with E-state index < -0.39 is 24.0 Å². The highest BCUT2D eigenvalue weighted by Gasteiger charge is 2.36. The number of anilines is 1. The lowest BCUT2D eigenvalue weighted by atomic mass is 9.89. The van der Waals surface area contributed by atoms with Crippen LogP contribution in [0, 0.1) is 5.41 Å². The number of carbonyl (C=O) groups is 2. The number of hydrogen-bond acceptors (Lipinski definition) is 5. The lowest BCUT2D eigenvalue weighted by molar-refractivity contribution is -0.138. The largest absolute Gasteiger partial charge is 0.480 e. The van der Waals surface area contributed by atoms with Gasteiger partial charge in [-0.15, -0.1) is 0 Å². The van der Waals surface area contributed by atoms with E-state index in [-0.39, 0.29) is 24.1 Å². The van der Waals surface area contributed by atoms with Crippen LogP contribution in [-0.2, 0) is 9.59 Å². The van der Waals surface area contributed by atoms with Gasteiger partial charge in [0.2, 0.25) is 0 Å². The number of hydrogen-bond donors (Lipinski definition) is 3. The summed E-state index contributed by atoms with van der Waals surface area (Å²) in [7, 11) is 0. The molecule has 0 bridgehead atoms. The van der Waals surface area contributed by atoms with Gasteiger partial charge in [0.05, 0.1) is 11.8 Å². The van der Waals surface area contributed by atoms with Crippen LogP contribution in [0.2, 0.25) is 0 Å². The number of aliphatic carboxylic acids is 1. The first-order valence-corrected chi connectivity index (χ1v) is 7.81. The van der Waals surface area contributed by atoms with Crippen LogP contribution in [0.5, 0.6) is 0 Å². The van der Waals surface area contributed by atoms with E-state index in [2.05, 4.69) is 10.4 Å². The topological polar surface area (TPSA) is 102 Å². The Labute approximate surface area is 141 Å². The molecule has 2 atom stereocenters. The summed E-state index contributed by atoms with van der Waals surface area (Å²) in [5, 5.41) is 27.5. The number of rotatable bonds is 5. The molecule has 0 aliphatic carbocycles. The summed E-state index contributed by atoms with van der Waals surface area (Å²) in [6, 6.07) is 7.94. The standard InChI is InChI=1S/C17H23N3O4/c1-17(2,3)14(21)10-18-15(22)12-9-13(16(23)24)20(19-12)11-7-5-4-6-8-11/h4-8,13-14,21H,9-10H2,1-3H3,(H,18,22)(H,23,24). The number of aliphatic hydroxyl groups is 1. The molecule has 1 amide bonds. The van der Waals surface area contributed by atoms with E-state index in [1.807, 2.05) is 26.8 Å². The number of nitrogens with zero attached hydrogens (tertiary/aromatic N) is 2. The summed E-state index contributed by atoms with van der Waals surface area (Å²) in [5.41, 5.74) is 0.402. The molecule has 0 saturated heterocycles. The van der Waals surface area contributed by atoms with Gasteiger partial charge in [0.1, 0.15) is 5.71 Å². The van der Waals surface area contributed by atoms with Gasteiger partial charge in [-0.1, -0.05) is 39.0 Å². The van der Waals surface area contributed by atoms with Gasteiger partial charge in [-0.3, -0.25) is 9.80 Å². The predicted octanol–water partition coefficient (Wildman–Crippen LogP) is 1.23. The molecule has 130 valence electrons. The number of benzene rings is 1. The maximum absolute atomic E-state index is 12.2. The van der Waals surface area contributed by atoms with Crippen molar-refractivity contribution in [2.24, 2.45) is 10.5 Å². The highest BCUT2D eigenvalue weighted by atomic mass is 16.4. The SMILES string of the molecule is CC(C)(C)C(O)CNC(=O)C1=NN(c2ccccc2)C(C(=O)O)C1. The summed E-state index contributed by atoms with van der Waals surface area (Å²) >= 11 is 0. The van der Waals surface area contributed by atoms with Crippen molar-refractivity contribution in [3.63, 3.8) is 0 Å². The van der Waals surface area contributed by atoms with Crippen molar-refractivity contribution in [1.82, 2.24) is 5.32 Å². The Kier molecular flexibility index (Phi) is 5.23. The number of para-hydroxylation sites is 1. The molecule has 0 aromatic heterocycles. The quantitative estimate of drug-likeness (QED) is 0.752. The van der Waals surface area contributed by atoms with Gasteiger partial charge >= 0.3 is 5.97 Å². The van der Waals surface area contributed by atoms with E-state index in [9.17, 15) is 19.8 Å². The van der Waals surface area contributed by atoms with Crippen LogP contribution in [0.15, 0.2) is 35.4 Å². The van der Waals surface area contributed by atoms with Crippen LogP contribution < -0.4 is 10.3 Å². The average Bonchev–Trinajstić information content (AvgIpc) is 2.97. The second kappa shape index (κ2) is 7.00. The molecule has 2 rings (SSSR count). The molecule has 1 aliphatic heterocycles. The van der Waals surface area contributed by atoms with E-state index in [0.717, 1.165) is 0 Å². The number of carboxylic acids is 1. The molecule has 3 N–H and O–H groups in total. The molecule has 1 aromatic carbocycles. The summed E-state index contributed by atoms with van der Waals surface area (Å²) in [4.78, 5) is 23.7.